The Hall–Kier alpha value is -1.22. The second-order valence-electron chi connectivity index (χ2n) is 2.99. The van der Waals surface area contributed by atoms with Gasteiger partial charge < -0.3 is 9.47 Å². The molecule has 0 heterocycles. The van der Waals surface area contributed by atoms with Gasteiger partial charge in [0.25, 0.3) is 0 Å². The highest BCUT2D eigenvalue weighted by Gasteiger charge is 2.18. The van der Waals surface area contributed by atoms with Gasteiger partial charge in [0.2, 0.25) is 0 Å². The Morgan fingerprint density at radius 3 is 2.47 bits per heavy atom. The van der Waals surface area contributed by atoms with Gasteiger partial charge in [-0.05, 0) is 30.7 Å². The summed E-state index contributed by atoms with van der Waals surface area (Å²) in [5.74, 6) is 0.240. The van der Waals surface area contributed by atoms with Crippen LogP contribution in [0.25, 0.3) is 0 Å². The molecule has 0 spiro atoms. The molecule has 1 rings (SSSR count). The lowest BCUT2D eigenvalue weighted by atomic mass is 10.2. The third-order valence-corrected chi connectivity index (χ3v) is 2.18. The fourth-order valence-corrected chi connectivity index (χ4v) is 1.23. The number of esters is 1. The summed E-state index contributed by atoms with van der Waals surface area (Å²) in [5.41, 5.74) is 0. The molecule has 0 N–H and O–H groups in total. The summed E-state index contributed by atoms with van der Waals surface area (Å²) in [6.45, 7) is 1.86. The number of methoxy groups -OCH3 is 1. The number of hydrogen-bond acceptors (Lipinski definition) is 3. The second kappa shape index (κ2) is 5.61. The van der Waals surface area contributed by atoms with Crippen LogP contribution in [0.3, 0.4) is 0 Å². The van der Waals surface area contributed by atoms with Crippen LogP contribution in [0.15, 0.2) is 24.3 Å². The number of ether oxygens (including phenoxy) is 2. The molecule has 82 valence electrons. The molecular weight excluding hydrogens is 216 g/mol. The van der Waals surface area contributed by atoms with Gasteiger partial charge in [-0.2, -0.15) is 0 Å². The van der Waals surface area contributed by atoms with Gasteiger partial charge in [-0.25, -0.2) is 4.79 Å². The highest BCUT2D eigenvalue weighted by Crippen LogP contribution is 2.17. The van der Waals surface area contributed by atoms with Crippen molar-refractivity contribution in [2.45, 2.75) is 19.4 Å². The van der Waals surface area contributed by atoms with Crippen LogP contribution in [0.5, 0.6) is 5.75 Å². The largest absolute Gasteiger partial charge is 0.479 e. The van der Waals surface area contributed by atoms with Gasteiger partial charge in [-0.3, -0.25) is 0 Å². The van der Waals surface area contributed by atoms with Crippen LogP contribution in [0.1, 0.15) is 13.3 Å². The molecule has 3 nitrogen and oxygen atoms in total. The van der Waals surface area contributed by atoms with E-state index in [9.17, 15) is 4.79 Å². The predicted molar refractivity (Wildman–Crippen MR) is 58.2 cm³/mol. The van der Waals surface area contributed by atoms with Gasteiger partial charge in [-0.15, -0.1) is 0 Å². The van der Waals surface area contributed by atoms with Crippen LogP contribution in [-0.2, 0) is 9.53 Å². The van der Waals surface area contributed by atoms with Gasteiger partial charge >= 0.3 is 5.97 Å². The van der Waals surface area contributed by atoms with Crippen LogP contribution in [0.4, 0.5) is 0 Å². The van der Waals surface area contributed by atoms with Crippen LogP contribution in [0, 0.1) is 0 Å². The molecule has 0 saturated heterocycles. The zero-order valence-electron chi connectivity index (χ0n) is 8.70. The van der Waals surface area contributed by atoms with Crippen molar-refractivity contribution in [3.05, 3.63) is 29.3 Å². The summed E-state index contributed by atoms with van der Waals surface area (Å²) in [6, 6.07) is 6.85. The average Bonchev–Trinajstić information content (AvgIpc) is 2.27. The van der Waals surface area contributed by atoms with Gasteiger partial charge in [0, 0.05) is 5.02 Å². The molecule has 4 heteroatoms. The molecule has 0 unspecified atom stereocenters. The lowest BCUT2D eigenvalue weighted by Gasteiger charge is -2.14. The molecule has 1 aromatic rings. The first-order valence-corrected chi connectivity index (χ1v) is 5.05. The number of benzene rings is 1. The normalized spacial score (nSPS) is 11.9. The van der Waals surface area contributed by atoms with E-state index in [1.807, 2.05) is 6.92 Å². The minimum Gasteiger partial charge on any atom is -0.479 e. The van der Waals surface area contributed by atoms with Crippen molar-refractivity contribution >= 4 is 17.6 Å². The Morgan fingerprint density at radius 2 is 2.00 bits per heavy atom. The molecule has 1 aromatic carbocycles. The van der Waals surface area contributed by atoms with E-state index in [4.69, 9.17) is 16.3 Å². The van der Waals surface area contributed by atoms with E-state index >= 15 is 0 Å². The van der Waals surface area contributed by atoms with E-state index < -0.39 is 6.10 Å². The zero-order chi connectivity index (χ0) is 11.3. The maximum absolute atomic E-state index is 11.2. The standard InChI is InChI=1S/C11H13ClO3/c1-3-10(11(13)14-2)15-9-6-4-8(12)5-7-9/h4-7,10H,3H2,1-2H3/t10-/m1/s1. The zero-order valence-corrected chi connectivity index (χ0v) is 9.45. The average molecular weight is 229 g/mol. The van der Waals surface area contributed by atoms with Crippen molar-refractivity contribution in [2.24, 2.45) is 0 Å². The summed E-state index contributed by atoms with van der Waals surface area (Å²) in [4.78, 5) is 11.2. The SMILES string of the molecule is CC[C@@H](Oc1ccc(Cl)cc1)C(=O)OC. The third kappa shape index (κ3) is 3.44. The highest BCUT2D eigenvalue weighted by molar-refractivity contribution is 6.30. The molecule has 0 aliphatic rings. The van der Waals surface area contributed by atoms with Crippen LogP contribution < -0.4 is 4.74 Å². The third-order valence-electron chi connectivity index (χ3n) is 1.93. The quantitative estimate of drug-likeness (QED) is 0.744. The summed E-state index contributed by atoms with van der Waals surface area (Å²) in [6.07, 6.45) is 0.00568. The monoisotopic (exact) mass is 228 g/mol. The van der Waals surface area contributed by atoms with Crippen molar-refractivity contribution < 1.29 is 14.3 Å². The molecule has 0 bridgehead atoms. The molecule has 1 atom stereocenters. The molecule has 0 radical (unpaired) electrons. The molecule has 0 aromatic heterocycles. The van der Waals surface area contributed by atoms with Gasteiger partial charge in [0.15, 0.2) is 6.10 Å². The number of hydrogen-bond donors (Lipinski definition) is 0. The van der Waals surface area contributed by atoms with E-state index in [2.05, 4.69) is 4.74 Å². The smallest absolute Gasteiger partial charge is 0.347 e. The Balaban J connectivity index is 2.66. The summed E-state index contributed by atoms with van der Waals surface area (Å²) >= 11 is 5.72. The number of halogens is 1. The van der Waals surface area contributed by atoms with E-state index in [0.29, 0.717) is 17.2 Å². The van der Waals surface area contributed by atoms with Crippen LogP contribution in [-0.4, -0.2) is 19.2 Å². The fraction of sp³-hybridized carbons (Fsp3) is 0.364. The molecular formula is C11H13ClO3. The van der Waals surface area contributed by atoms with E-state index in [-0.39, 0.29) is 5.97 Å². The van der Waals surface area contributed by atoms with Crippen LogP contribution in [0.2, 0.25) is 5.02 Å². The second-order valence-corrected chi connectivity index (χ2v) is 3.43. The summed E-state index contributed by atoms with van der Waals surface area (Å²) < 4.78 is 10.0. The Kier molecular flexibility index (Phi) is 4.43. The van der Waals surface area contributed by atoms with E-state index in [0.717, 1.165) is 0 Å². The van der Waals surface area contributed by atoms with Crippen LogP contribution >= 0.6 is 11.6 Å². The number of carbonyl (C=O) groups excluding carboxylic acids is 1. The first kappa shape index (κ1) is 11.9. The van der Waals surface area contributed by atoms with Crippen molar-refractivity contribution in [3.8, 4) is 5.75 Å². The first-order chi connectivity index (χ1) is 7.17. The van der Waals surface area contributed by atoms with Crippen molar-refractivity contribution in [2.75, 3.05) is 7.11 Å². The Labute approximate surface area is 93.9 Å². The maximum atomic E-state index is 11.2. The van der Waals surface area contributed by atoms with Gasteiger partial charge in [0.1, 0.15) is 5.75 Å². The molecule has 0 aliphatic carbocycles. The molecule has 0 fully saturated rings. The first-order valence-electron chi connectivity index (χ1n) is 4.67. The number of carbonyl (C=O) groups is 1. The Morgan fingerprint density at radius 1 is 1.40 bits per heavy atom. The minimum absolute atomic E-state index is 0.368. The van der Waals surface area contributed by atoms with Gasteiger partial charge in [-0.1, -0.05) is 18.5 Å². The van der Waals surface area contributed by atoms with E-state index in [1.54, 1.807) is 24.3 Å². The molecule has 0 aliphatic heterocycles. The summed E-state index contributed by atoms with van der Waals surface area (Å²) in [7, 11) is 1.34. The molecule has 15 heavy (non-hydrogen) atoms. The Bertz CT molecular complexity index is 321. The minimum atomic E-state index is -0.559. The highest BCUT2D eigenvalue weighted by atomic mass is 35.5. The lowest BCUT2D eigenvalue weighted by molar-refractivity contribution is -0.148. The predicted octanol–water partition coefficient (Wildman–Crippen LogP) is 2.67. The summed E-state index contributed by atoms with van der Waals surface area (Å²) in [5, 5.41) is 0.633. The number of rotatable bonds is 4. The lowest BCUT2D eigenvalue weighted by Crippen LogP contribution is -2.27. The van der Waals surface area contributed by atoms with E-state index in [1.165, 1.54) is 7.11 Å². The van der Waals surface area contributed by atoms with Gasteiger partial charge in [0.05, 0.1) is 7.11 Å². The van der Waals surface area contributed by atoms with Crippen molar-refractivity contribution in [1.29, 1.82) is 0 Å². The molecule has 0 saturated carbocycles. The maximum Gasteiger partial charge on any atom is 0.347 e. The van der Waals surface area contributed by atoms with Crippen molar-refractivity contribution in [3.63, 3.8) is 0 Å². The topological polar surface area (TPSA) is 35.5 Å². The van der Waals surface area contributed by atoms with Crippen molar-refractivity contribution in [1.82, 2.24) is 0 Å². The fourth-order valence-electron chi connectivity index (χ4n) is 1.11. The molecule has 0 amide bonds.